The Hall–Kier alpha value is -0.910. The Bertz CT molecular complexity index is 361. The molecule has 5 heteroatoms. The molecule has 4 nitrogen and oxygen atoms in total. The Kier molecular flexibility index (Phi) is 6.93. The van der Waals surface area contributed by atoms with Crippen molar-refractivity contribution in [3.63, 3.8) is 0 Å². The molecule has 0 aliphatic rings. The highest BCUT2D eigenvalue weighted by Gasteiger charge is 2.04. The van der Waals surface area contributed by atoms with Gasteiger partial charge in [0, 0.05) is 16.8 Å². The van der Waals surface area contributed by atoms with Crippen molar-refractivity contribution in [3.05, 3.63) is 21.9 Å². The first-order valence-electron chi connectivity index (χ1n) is 6.47. The molecule has 102 valence electrons. The molecule has 1 rings (SSSR count). The van der Waals surface area contributed by atoms with Gasteiger partial charge >= 0.3 is 0 Å². The van der Waals surface area contributed by atoms with Gasteiger partial charge in [0.05, 0.1) is 5.56 Å². The topological polar surface area (TPSA) is 58.4 Å². The summed E-state index contributed by atoms with van der Waals surface area (Å²) in [7, 11) is 0. The number of thiophene rings is 1. The van der Waals surface area contributed by atoms with Crippen LogP contribution in [0.15, 0.2) is 11.4 Å². The van der Waals surface area contributed by atoms with Crippen LogP contribution in [0.25, 0.3) is 0 Å². The highest BCUT2D eigenvalue weighted by Crippen LogP contribution is 2.13. The summed E-state index contributed by atoms with van der Waals surface area (Å²) in [4.78, 5) is 14.5. The molecule has 18 heavy (non-hydrogen) atoms. The summed E-state index contributed by atoms with van der Waals surface area (Å²) in [5.41, 5.74) is 5.82. The largest absolute Gasteiger partial charge is 0.366 e. The van der Waals surface area contributed by atoms with Crippen LogP contribution in [-0.4, -0.2) is 37.0 Å². The Morgan fingerprint density at radius 2 is 2.17 bits per heavy atom. The highest BCUT2D eigenvalue weighted by molar-refractivity contribution is 7.10. The van der Waals surface area contributed by atoms with Gasteiger partial charge in [-0.15, -0.1) is 11.3 Å². The molecule has 0 bridgehead atoms. The first kappa shape index (κ1) is 15.1. The lowest BCUT2D eigenvalue weighted by Crippen LogP contribution is -2.27. The minimum Gasteiger partial charge on any atom is -0.366 e. The maximum Gasteiger partial charge on any atom is 0.249 e. The lowest BCUT2D eigenvalue weighted by atomic mass is 10.3. The van der Waals surface area contributed by atoms with Gasteiger partial charge in [-0.05, 0) is 38.7 Å². The maximum atomic E-state index is 10.9. The van der Waals surface area contributed by atoms with E-state index in [9.17, 15) is 4.79 Å². The number of nitrogens with zero attached hydrogens (tertiary/aromatic N) is 1. The molecule has 0 aliphatic heterocycles. The van der Waals surface area contributed by atoms with Gasteiger partial charge in [-0.25, -0.2) is 0 Å². The van der Waals surface area contributed by atoms with E-state index in [1.54, 1.807) is 11.3 Å². The van der Waals surface area contributed by atoms with E-state index >= 15 is 0 Å². The van der Waals surface area contributed by atoms with Gasteiger partial charge in [0.25, 0.3) is 0 Å². The fraction of sp³-hybridized carbons (Fsp3) is 0.615. The first-order valence-corrected chi connectivity index (χ1v) is 7.35. The summed E-state index contributed by atoms with van der Waals surface area (Å²) < 4.78 is 0. The Morgan fingerprint density at radius 1 is 1.44 bits per heavy atom. The number of primary amides is 1. The zero-order valence-corrected chi connectivity index (χ0v) is 12.1. The number of carbonyl (C=O) groups excluding carboxylic acids is 1. The lowest BCUT2D eigenvalue weighted by Gasteiger charge is -2.17. The van der Waals surface area contributed by atoms with Crippen molar-refractivity contribution in [2.75, 3.05) is 26.2 Å². The van der Waals surface area contributed by atoms with Crippen LogP contribution in [0, 0.1) is 0 Å². The molecular formula is C13H23N3OS. The summed E-state index contributed by atoms with van der Waals surface area (Å²) in [6.45, 7) is 9.56. The van der Waals surface area contributed by atoms with Crippen LogP contribution in [0.1, 0.15) is 35.5 Å². The molecule has 0 aromatic carbocycles. The van der Waals surface area contributed by atoms with Crippen LogP contribution in [0.4, 0.5) is 0 Å². The third-order valence-electron chi connectivity index (χ3n) is 2.96. The van der Waals surface area contributed by atoms with Gasteiger partial charge < -0.3 is 16.0 Å². The molecule has 3 N–H and O–H groups in total. The number of hydrogen-bond donors (Lipinski definition) is 2. The molecule has 1 aromatic heterocycles. The molecule has 0 radical (unpaired) electrons. The van der Waals surface area contributed by atoms with Crippen LogP contribution in [0.3, 0.4) is 0 Å². The van der Waals surface area contributed by atoms with E-state index in [2.05, 4.69) is 24.1 Å². The minimum atomic E-state index is -0.348. The van der Waals surface area contributed by atoms with E-state index < -0.39 is 0 Å². The average Bonchev–Trinajstić information content (AvgIpc) is 2.83. The zero-order chi connectivity index (χ0) is 13.4. The van der Waals surface area contributed by atoms with Crippen LogP contribution in [-0.2, 0) is 6.54 Å². The van der Waals surface area contributed by atoms with Crippen molar-refractivity contribution in [1.29, 1.82) is 0 Å². The summed E-state index contributed by atoms with van der Waals surface area (Å²) in [6.07, 6.45) is 1.15. The predicted molar refractivity (Wildman–Crippen MR) is 76.9 cm³/mol. The molecular weight excluding hydrogens is 246 g/mol. The lowest BCUT2D eigenvalue weighted by molar-refractivity contribution is 0.100. The van der Waals surface area contributed by atoms with Crippen LogP contribution in [0.5, 0.6) is 0 Å². The molecule has 0 aliphatic carbocycles. The summed E-state index contributed by atoms with van der Waals surface area (Å²) in [6, 6.07) is 1.87. The van der Waals surface area contributed by atoms with Gasteiger partial charge in [0.2, 0.25) is 5.91 Å². The number of carbonyl (C=O) groups is 1. The van der Waals surface area contributed by atoms with Crippen molar-refractivity contribution in [3.8, 4) is 0 Å². The van der Waals surface area contributed by atoms with Gasteiger partial charge in [0.1, 0.15) is 0 Å². The molecule has 0 unspecified atom stereocenters. The first-order chi connectivity index (χ1) is 8.67. The van der Waals surface area contributed by atoms with Crippen molar-refractivity contribution >= 4 is 17.2 Å². The fourth-order valence-corrected chi connectivity index (χ4v) is 2.62. The van der Waals surface area contributed by atoms with Crippen LogP contribution < -0.4 is 11.1 Å². The van der Waals surface area contributed by atoms with E-state index in [1.807, 2.05) is 11.4 Å². The highest BCUT2D eigenvalue weighted by atomic mass is 32.1. The Labute approximate surface area is 113 Å². The van der Waals surface area contributed by atoms with E-state index in [-0.39, 0.29) is 5.91 Å². The number of rotatable bonds is 9. The monoisotopic (exact) mass is 269 g/mol. The van der Waals surface area contributed by atoms with E-state index in [4.69, 9.17) is 5.73 Å². The molecule has 0 atom stereocenters. The van der Waals surface area contributed by atoms with E-state index in [1.165, 1.54) is 0 Å². The second-order valence-corrected chi connectivity index (χ2v) is 5.22. The van der Waals surface area contributed by atoms with Crippen molar-refractivity contribution in [2.24, 2.45) is 5.73 Å². The summed E-state index contributed by atoms with van der Waals surface area (Å²) in [5.74, 6) is -0.348. The Balaban J connectivity index is 2.15. The Morgan fingerprint density at radius 3 is 2.72 bits per heavy atom. The maximum absolute atomic E-state index is 10.9. The molecule has 1 amide bonds. The standard InChI is InChI=1S/C13H23N3OS/c1-3-16(4-2)7-5-6-15-9-12-8-11(10-18-12)13(14)17/h8,10,15H,3-7,9H2,1-2H3,(H2,14,17). The van der Waals surface area contributed by atoms with Gasteiger partial charge in [0.15, 0.2) is 0 Å². The van der Waals surface area contributed by atoms with Crippen molar-refractivity contribution in [1.82, 2.24) is 10.2 Å². The van der Waals surface area contributed by atoms with Gasteiger partial charge in [-0.3, -0.25) is 4.79 Å². The third-order valence-corrected chi connectivity index (χ3v) is 3.90. The molecule has 0 fully saturated rings. The summed E-state index contributed by atoms with van der Waals surface area (Å²) in [5, 5.41) is 5.20. The smallest absolute Gasteiger partial charge is 0.249 e. The normalized spacial score (nSPS) is 11.1. The molecule has 1 heterocycles. The quantitative estimate of drug-likeness (QED) is 0.670. The van der Waals surface area contributed by atoms with E-state index in [0.717, 1.165) is 44.0 Å². The molecule has 0 saturated heterocycles. The number of nitrogens with one attached hydrogen (secondary N) is 1. The molecule has 1 aromatic rings. The third kappa shape index (κ3) is 5.16. The predicted octanol–water partition coefficient (Wildman–Crippen LogP) is 1.67. The van der Waals surface area contributed by atoms with E-state index in [0.29, 0.717) is 5.56 Å². The average molecular weight is 269 g/mol. The zero-order valence-electron chi connectivity index (χ0n) is 11.2. The van der Waals surface area contributed by atoms with Crippen molar-refractivity contribution < 1.29 is 4.79 Å². The minimum absolute atomic E-state index is 0.348. The second kappa shape index (κ2) is 8.24. The number of hydrogen-bond acceptors (Lipinski definition) is 4. The molecule has 0 spiro atoms. The van der Waals surface area contributed by atoms with Gasteiger partial charge in [-0.1, -0.05) is 13.8 Å². The second-order valence-electron chi connectivity index (χ2n) is 4.22. The number of amides is 1. The van der Waals surface area contributed by atoms with Gasteiger partial charge in [-0.2, -0.15) is 0 Å². The fourth-order valence-electron chi connectivity index (χ4n) is 1.78. The van der Waals surface area contributed by atoms with Crippen molar-refractivity contribution in [2.45, 2.75) is 26.8 Å². The molecule has 0 saturated carbocycles. The summed E-state index contributed by atoms with van der Waals surface area (Å²) >= 11 is 1.58. The number of nitrogens with two attached hydrogens (primary N) is 1. The van der Waals surface area contributed by atoms with Crippen LogP contribution in [0.2, 0.25) is 0 Å². The van der Waals surface area contributed by atoms with Crippen LogP contribution >= 0.6 is 11.3 Å². The SMILES string of the molecule is CCN(CC)CCCNCc1cc(C(N)=O)cs1.